The lowest BCUT2D eigenvalue weighted by atomic mass is 10.1. The lowest BCUT2D eigenvalue weighted by Crippen LogP contribution is -2.18. The molecule has 2 heterocycles. The Morgan fingerprint density at radius 2 is 2.18 bits per heavy atom. The van der Waals surface area contributed by atoms with Gasteiger partial charge in [0.2, 0.25) is 0 Å². The van der Waals surface area contributed by atoms with Gasteiger partial charge in [-0.1, -0.05) is 6.08 Å². The number of allylic oxidation sites excluding steroid dienone is 1. The fourth-order valence-corrected chi connectivity index (χ4v) is 2.04. The molecule has 1 N–H and O–H groups in total. The van der Waals surface area contributed by atoms with E-state index in [-0.39, 0.29) is 0 Å². The van der Waals surface area contributed by atoms with Crippen molar-refractivity contribution in [2.75, 3.05) is 14.1 Å². The summed E-state index contributed by atoms with van der Waals surface area (Å²) in [5.74, 6) is 0. The summed E-state index contributed by atoms with van der Waals surface area (Å²) in [4.78, 5) is 6.20. The van der Waals surface area contributed by atoms with Crippen LogP contribution in [0.2, 0.25) is 0 Å². The Kier molecular flexibility index (Phi) is 3.45. The van der Waals surface area contributed by atoms with Crippen LogP contribution in [-0.2, 0) is 18.0 Å². The molecule has 1 aromatic heterocycles. The molecular weight excluding hydrogens is 216 g/mol. The number of likely N-dealkylation sites (N-methyl/N-ethyl adjacent to an activating group) is 1. The number of rotatable bonds is 3. The third kappa shape index (κ3) is 2.33. The van der Waals surface area contributed by atoms with E-state index in [2.05, 4.69) is 4.98 Å². The van der Waals surface area contributed by atoms with E-state index in [1.165, 1.54) is 0 Å². The number of hydrogen-bond acceptors (Lipinski definition) is 4. The van der Waals surface area contributed by atoms with E-state index in [9.17, 15) is 5.11 Å². The van der Waals surface area contributed by atoms with Gasteiger partial charge in [0.25, 0.3) is 0 Å². The number of aromatic nitrogens is 1. The SMILES string of the molecule is CC=C(C(O)c1cc2c(cn1)COC2)N(C)C. The van der Waals surface area contributed by atoms with Crippen LogP contribution >= 0.6 is 0 Å². The van der Waals surface area contributed by atoms with Crippen molar-refractivity contribution in [3.63, 3.8) is 0 Å². The van der Waals surface area contributed by atoms with Crippen LogP contribution in [0.15, 0.2) is 24.0 Å². The predicted molar refractivity (Wildman–Crippen MR) is 65.1 cm³/mol. The molecule has 0 bridgehead atoms. The third-order valence-corrected chi connectivity index (χ3v) is 2.99. The molecule has 0 aliphatic carbocycles. The van der Waals surface area contributed by atoms with Crippen LogP contribution in [0.1, 0.15) is 29.8 Å². The first kappa shape index (κ1) is 12.1. The summed E-state index contributed by atoms with van der Waals surface area (Å²) < 4.78 is 5.34. The first-order valence-corrected chi connectivity index (χ1v) is 5.70. The van der Waals surface area contributed by atoms with E-state index in [1.54, 1.807) is 6.20 Å². The fraction of sp³-hybridized carbons (Fsp3) is 0.462. The van der Waals surface area contributed by atoms with Crippen molar-refractivity contribution in [1.29, 1.82) is 0 Å². The molecule has 0 spiro atoms. The second-order valence-corrected chi connectivity index (χ2v) is 4.38. The highest BCUT2D eigenvalue weighted by molar-refractivity contribution is 5.31. The molecule has 0 saturated carbocycles. The summed E-state index contributed by atoms with van der Waals surface area (Å²) in [6, 6.07) is 1.93. The van der Waals surface area contributed by atoms with Gasteiger partial charge in [-0.15, -0.1) is 0 Å². The van der Waals surface area contributed by atoms with Gasteiger partial charge in [-0.2, -0.15) is 0 Å². The maximum Gasteiger partial charge on any atom is 0.135 e. The zero-order valence-corrected chi connectivity index (χ0v) is 10.5. The molecule has 1 aliphatic rings. The minimum atomic E-state index is -0.680. The van der Waals surface area contributed by atoms with E-state index < -0.39 is 6.10 Å². The highest BCUT2D eigenvalue weighted by atomic mass is 16.5. The van der Waals surface area contributed by atoms with Crippen LogP contribution in [0, 0.1) is 0 Å². The Labute approximate surface area is 102 Å². The molecule has 4 heteroatoms. The highest BCUT2D eigenvalue weighted by Gasteiger charge is 2.19. The maximum atomic E-state index is 10.3. The maximum absolute atomic E-state index is 10.3. The first-order valence-electron chi connectivity index (χ1n) is 5.70. The van der Waals surface area contributed by atoms with Crippen molar-refractivity contribution in [2.24, 2.45) is 0 Å². The average molecular weight is 234 g/mol. The van der Waals surface area contributed by atoms with Gasteiger partial charge >= 0.3 is 0 Å². The Balaban J connectivity index is 2.28. The Morgan fingerprint density at radius 3 is 2.82 bits per heavy atom. The van der Waals surface area contributed by atoms with Crippen molar-refractivity contribution in [3.05, 3.63) is 40.9 Å². The lowest BCUT2D eigenvalue weighted by Gasteiger charge is -2.22. The summed E-state index contributed by atoms with van der Waals surface area (Å²) in [5, 5.41) is 10.3. The molecule has 4 nitrogen and oxygen atoms in total. The minimum Gasteiger partial charge on any atom is -0.381 e. The van der Waals surface area contributed by atoms with Gasteiger partial charge in [-0.25, -0.2) is 0 Å². The number of ether oxygens (including phenoxy) is 1. The normalized spacial score (nSPS) is 16.8. The number of hydrogen-bond donors (Lipinski definition) is 1. The van der Waals surface area contributed by atoms with E-state index >= 15 is 0 Å². The van der Waals surface area contributed by atoms with Crippen molar-refractivity contribution in [3.8, 4) is 0 Å². The Hall–Kier alpha value is -1.39. The molecule has 1 unspecified atom stereocenters. The molecule has 0 amide bonds. The van der Waals surface area contributed by atoms with Crippen molar-refractivity contribution >= 4 is 0 Å². The van der Waals surface area contributed by atoms with Gasteiger partial charge in [0.15, 0.2) is 0 Å². The molecule has 17 heavy (non-hydrogen) atoms. The van der Waals surface area contributed by atoms with Crippen LogP contribution in [0.4, 0.5) is 0 Å². The quantitative estimate of drug-likeness (QED) is 0.863. The smallest absolute Gasteiger partial charge is 0.135 e. The number of nitrogens with zero attached hydrogens (tertiary/aromatic N) is 2. The summed E-state index contributed by atoms with van der Waals surface area (Å²) in [6.07, 6.45) is 3.01. The van der Waals surface area contributed by atoms with Crippen LogP contribution < -0.4 is 0 Å². The van der Waals surface area contributed by atoms with Gasteiger partial charge in [-0.05, 0) is 18.6 Å². The van der Waals surface area contributed by atoms with Gasteiger partial charge in [0, 0.05) is 31.6 Å². The predicted octanol–water partition coefficient (Wildman–Crippen LogP) is 1.61. The zero-order chi connectivity index (χ0) is 12.4. The second-order valence-electron chi connectivity index (χ2n) is 4.38. The van der Waals surface area contributed by atoms with Crippen molar-refractivity contribution < 1.29 is 9.84 Å². The van der Waals surface area contributed by atoms with Gasteiger partial charge in [0.05, 0.1) is 18.9 Å². The Bertz CT molecular complexity index is 441. The monoisotopic (exact) mass is 234 g/mol. The molecule has 0 radical (unpaired) electrons. The minimum absolute atomic E-state index is 0.616. The number of pyridine rings is 1. The van der Waals surface area contributed by atoms with Crippen molar-refractivity contribution in [1.82, 2.24) is 9.88 Å². The summed E-state index contributed by atoms with van der Waals surface area (Å²) >= 11 is 0. The summed E-state index contributed by atoms with van der Waals surface area (Å²) in [6.45, 7) is 3.16. The lowest BCUT2D eigenvalue weighted by molar-refractivity contribution is 0.134. The van der Waals surface area contributed by atoms with Crippen LogP contribution in [0.25, 0.3) is 0 Å². The first-order chi connectivity index (χ1) is 8.13. The van der Waals surface area contributed by atoms with E-state index in [0.29, 0.717) is 18.9 Å². The molecule has 1 aromatic rings. The molecular formula is C13H18N2O2. The summed E-state index contributed by atoms with van der Waals surface area (Å²) in [7, 11) is 3.82. The van der Waals surface area contributed by atoms with Crippen LogP contribution in [-0.4, -0.2) is 29.1 Å². The molecule has 92 valence electrons. The third-order valence-electron chi connectivity index (χ3n) is 2.99. The van der Waals surface area contributed by atoms with Crippen LogP contribution in [0.5, 0.6) is 0 Å². The number of fused-ring (bicyclic) bond motifs is 1. The van der Waals surface area contributed by atoms with Gasteiger partial charge in [-0.3, -0.25) is 4.98 Å². The molecule has 0 aromatic carbocycles. The van der Waals surface area contributed by atoms with E-state index in [4.69, 9.17) is 4.74 Å². The number of aliphatic hydroxyl groups is 1. The topological polar surface area (TPSA) is 45.6 Å². The molecule has 0 saturated heterocycles. The molecule has 1 aliphatic heterocycles. The van der Waals surface area contributed by atoms with E-state index in [1.807, 2.05) is 38.1 Å². The average Bonchev–Trinajstić information content (AvgIpc) is 2.75. The second kappa shape index (κ2) is 4.85. The zero-order valence-electron chi connectivity index (χ0n) is 10.5. The van der Waals surface area contributed by atoms with Gasteiger partial charge in [0.1, 0.15) is 6.10 Å². The number of aliphatic hydroxyl groups excluding tert-OH is 1. The van der Waals surface area contributed by atoms with E-state index in [0.717, 1.165) is 16.8 Å². The van der Waals surface area contributed by atoms with Crippen LogP contribution in [0.3, 0.4) is 0 Å². The molecule has 1 atom stereocenters. The largest absolute Gasteiger partial charge is 0.381 e. The molecule has 0 fully saturated rings. The van der Waals surface area contributed by atoms with Crippen molar-refractivity contribution in [2.45, 2.75) is 26.2 Å². The Morgan fingerprint density at radius 1 is 1.47 bits per heavy atom. The standard InChI is InChI=1S/C13H18N2O2/c1-4-12(15(2)3)13(16)11-5-9-7-17-8-10(9)6-14-11/h4-6,13,16H,7-8H2,1-3H3. The highest BCUT2D eigenvalue weighted by Crippen LogP contribution is 2.26. The summed E-state index contributed by atoms with van der Waals surface area (Å²) in [5.41, 5.74) is 3.77. The van der Waals surface area contributed by atoms with Gasteiger partial charge < -0.3 is 14.7 Å². The molecule has 2 rings (SSSR count). The fourth-order valence-electron chi connectivity index (χ4n) is 2.04.